The summed E-state index contributed by atoms with van der Waals surface area (Å²) in [5.41, 5.74) is 0.791. The van der Waals surface area contributed by atoms with E-state index in [1.165, 1.54) is 5.56 Å². The molecule has 1 aliphatic heterocycles. The first-order valence-electron chi connectivity index (χ1n) is 6.66. The molecule has 0 saturated carbocycles. The predicted octanol–water partition coefficient (Wildman–Crippen LogP) is 1.86. The van der Waals surface area contributed by atoms with Crippen LogP contribution in [0.3, 0.4) is 0 Å². The molecule has 0 spiro atoms. The molecule has 0 bridgehead atoms. The summed E-state index contributed by atoms with van der Waals surface area (Å²) in [6.07, 6.45) is 4.67. The summed E-state index contributed by atoms with van der Waals surface area (Å²) in [5, 5.41) is 13.1. The van der Waals surface area contributed by atoms with Crippen molar-refractivity contribution in [1.29, 1.82) is 0 Å². The van der Waals surface area contributed by atoms with E-state index in [-0.39, 0.29) is 0 Å². The molecule has 0 aliphatic carbocycles. The fourth-order valence-electron chi connectivity index (χ4n) is 2.44. The first-order chi connectivity index (χ1) is 8.59. The van der Waals surface area contributed by atoms with E-state index in [0.29, 0.717) is 0 Å². The van der Waals surface area contributed by atoms with Gasteiger partial charge in [-0.2, -0.15) is 0 Å². The molecular weight excluding hydrogens is 226 g/mol. The Bertz CT molecular complexity index is 392. The molecule has 1 fully saturated rings. The molecule has 1 aromatic rings. The highest BCUT2D eigenvalue weighted by Gasteiger charge is 2.24. The largest absolute Gasteiger partial charge is 0.390 e. The summed E-state index contributed by atoms with van der Waals surface area (Å²) >= 11 is 0. The third-order valence-corrected chi connectivity index (χ3v) is 3.64. The Hall–Kier alpha value is -1.13. The van der Waals surface area contributed by atoms with Crippen molar-refractivity contribution in [3.8, 4) is 0 Å². The van der Waals surface area contributed by atoms with E-state index in [9.17, 15) is 5.11 Å². The fourth-order valence-corrected chi connectivity index (χ4v) is 2.44. The molecule has 2 heterocycles. The zero-order valence-electron chi connectivity index (χ0n) is 11.3. The van der Waals surface area contributed by atoms with Crippen molar-refractivity contribution in [3.05, 3.63) is 23.9 Å². The van der Waals surface area contributed by atoms with Gasteiger partial charge in [0.15, 0.2) is 0 Å². The van der Waals surface area contributed by atoms with Gasteiger partial charge in [-0.3, -0.25) is 4.90 Å². The van der Waals surface area contributed by atoms with Gasteiger partial charge >= 0.3 is 0 Å². The second-order valence-corrected chi connectivity index (χ2v) is 5.43. The Morgan fingerprint density at radius 3 is 3.06 bits per heavy atom. The van der Waals surface area contributed by atoms with Gasteiger partial charge in [0.1, 0.15) is 5.82 Å². The SMILES string of the molecule is CNc1cc(CN2CCCC(C)(O)CC2)ccn1. The second-order valence-electron chi connectivity index (χ2n) is 5.43. The van der Waals surface area contributed by atoms with Crippen molar-refractivity contribution in [3.63, 3.8) is 0 Å². The number of aliphatic hydroxyl groups is 1. The number of hydrogen-bond donors (Lipinski definition) is 2. The minimum absolute atomic E-state index is 0.483. The van der Waals surface area contributed by atoms with Crippen molar-refractivity contribution in [2.75, 3.05) is 25.5 Å². The Labute approximate surface area is 109 Å². The maximum absolute atomic E-state index is 10.1. The maximum Gasteiger partial charge on any atom is 0.125 e. The molecule has 4 heteroatoms. The normalized spacial score (nSPS) is 25.7. The minimum atomic E-state index is -0.483. The highest BCUT2D eigenvalue weighted by atomic mass is 16.3. The van der Waals surface area contributed by atoms with Crippen molar-refractivity contribution in [2.24, 2.45) is 0 Å². The lowest BCUT2D eigenvalue weighted by molar-refractivity contribution is 0.0444. The number of likely N-dealkylation sites (tertiary alicyclic amines) is 1. The molecule has 18 heavy (non-hydrogen) atoms. The zero-order valence-corrected chi connectivity index (χ0v) is 11.3. The molecule has 0 aromatic carbocycles. The zero-order chi connectivity index (χ0) is 13.0. The van der Waals surface area contributed by atoms with E-state index in [1.54, 1.807) is 0 Å². The number of hydrogen-bond acceptors (Lipinski definition) is 4. The van der Waals surface area contributed by atoms with Crippen LogP contribution in [-0.2, 0) is 6.54 Å². The molecule has 1 aliphatic rings. The summed E-state index contributed by atoms with van der Waals surface area (Å²) in [5.74, 6) is 0.911. The third kappa shape index (κ3) is 3.68. The third-order valence-electron chi connectivity index (χ3n) is 3.64. The fraction of sp³-hybridized carbons (Fsp3) is 0.643. The molecule has 1 aromatic heterocycles. The van der Waals surface area contributed by atoms with E-state index in [1.807, 2.05) is 20.2 Å². The lowest BCUT2D eigenvalue weighted by Gasteiger charge is -2.22. The van der Waals surface area contributed by atoms with Crippen LogP contribution < -0.4 is 5.32 Å². The van der Waals surface area contributed by atoms with Gasteiger partial charge in [0.25, 0.3) is 0 Å². The average molecular weight is 249 g/mol. The molecule has 1 atom stereocenters. The van der Waals surface area contributed by atoms with Gasteiger partial charge in [0.05, 0.1) is 5.60 Å². The number of anilines is 1. The van der Waals surface area contributed by atoms with E-state index in [2.05, 4.69) is 27.3 Å². The van der Waals surface area contributed by atoms with Crippen molar-refractivity contribution in [2.45, 2.75) is 38.3 Å². The molecule has 1 unspecified atom stereocenters. The standard InChI is InChI=1S/C14H23N3O/c1-14(18)5-3-8-17(9-6-14)11-12-4-7-16-13(10-12)15-2/h4,7,10,18H,3,5-6,8-9,11H2,1-2H3,(H,15,16). The van der Waals surface area contributed by atoms with Gasteiger partial charge in [0, 0.05) is 26.3 Å². The Morgan fingerprint density at radius 2 is 2.28 bits per heavy atom. The lowest BCUT2D eigenvalue weighted by atomic mass is 9.98. The van der Waals surface area contributed by atoms with Gasteiger partial charge in [-0.05, 0) is 50.4 Å². The van der Waals surface area contributed by atoms with E-state index in [4.69, 9.17) is 0 Å². The predicted molar refractivity (Wildman–Crippen MR) is 73.5 cm³/mol. The highest BCUT2D eigenvalue weighted by Crippen LogP contribution is 2.22. The van der Waals surface area contributed by atoms with Crippen LogP contribution in [0.4, 0.5) is 5.82 Å². The molecule has 1 saturated heterocycles. The number of nitrogens with one attached hydrogen (secondary N) is 1. The highest BCUT2D eigenvalue weighted by molar-refractivity contribution is 5.36. The summed E-state index contributed by atoms with van der Waals surface area (Å²) < 4.78 is 0. The van der Waals surface area contributed by atoms with Crippen LogP contribution in [-0.4, -0.2) is 40.7 Å². The van der Waals surface area contributed by atoms with E-state index in [0.717, 1.165) is 44.7 Å². The van der Waals surface area contributed by atoms with Crippen molar-refractivity contribution in [1.82, 2.24) is 9.88 Å². The quantitative estimate of drug-likeness (QED) is 0.858. The number of nitrogens with zero attached hydrogens (tertiary/aromatic N) is 2. The molecular formula is C14H23N3O. The van der Waals surface area contributed by atoms with Crippen LogP contribution in [0.1, 0.15) is 31.7 Å². The monoisotopic (exact) mass is 249 g/mol. The molecule has 100 valence electrons. The Balaban J connectivity index is 1.96. The van der Waals surface area contributed by atoms with Crippen LogP contribution in [0.2, 0.25) is 0 Å². The van der Waals surface area contributed by atoms with Crippen LogP contribution in [0.5, 0.6) is 0 Å². The van der Waals surface area contributed by atoms with Crippen LogP contribution in [0, 0.1) is 0 Å². The maximum atomic E-state index is 10.1. The minimum Gasteiger partial charge on any atom is -0.390 e. The van der Waals surface area contributed by atoms with E-state index >= 15 is 0 Å². The van der Waals surface area contributed by atoms with Crippen LogP contribution in [0.25, 0.3) is 0 Å². The van der Waals surface area contributed by atoms with Gasteiger partial charge < -0.3 is 10.4 Å². The van der Waals surface area contributed by atoms with E-state index < -0.39 is 5.60 Å². The summed E-state index contributed by atoms with van der Waals surface area (Å²) in [6, 6.07) is 4.15. The van der Waals surface area contributed by atoms with Gasteiger partial charge in [-0.1, -0.05) is 0 Å². The Kier molecular flexibility index (Phi) is 4.19. The van der Waals surface area contributed by atoms with Gasteiger partial charge in [-0.25, -0.2) is 4.98 Å². The van der Waals surface area contributed by atoms with Crippen molar-refractivity contribution >= 4 is 5.82 Å². The molecule has 0 amide bonds. The average Bonchev–Trinajstić information content (AvgIpc) is 2.51. The summed E-state index contributed by atoms with van der Waals surface area (Å²) in [4.78, 5) is 6.64. The van der Waals surface area contributed by atoms with Gasteiger partial charge in [0.2, 0.25) is 0 Å². The molecule has 2 rings (SSSR count). The lowest BCUT2D eigenvalue weighted by Crippen LogP contribution is -2.28. The molecule has 2 N–H and O–H groups in total. The van der Waals surface area contributed by atoms with Gasteiger partial charge in [-0.15, -0.1) is 0 Å². The second kappa shape index (κ2) is 5.67. The topological polar surface area (TPSA) is 48.4 Å². The molecule has 0 radical (unpaired) electrons. The smallest absolute Gasteiger partial charge is 0.125 e. The van der Waals surface area contributed by atoms with Crippen LogP contribution >= 0.6 is 0 Å². The summed E-state index contributed by atoms with van der Waals surface area (Å²) in [7, 11) is 1.88. The number of rotatable bonds is 3. The summed E-state index contributed by atoms with van der Waals surface area (Å²) in [6.45, 7) is 4.91. The van der Waals surface area contributed by atoms with Crippen molar-refractivity contribution < 1.29 is 5.11 Å². The first kappa shape index (κ1) is 13.3. The van der Waals surface area contributed by atoms with Crippen LogP contribution in [0.15, 0.2) is 18.3 Å². The number of pyridine rings is 1. The number of aromatic nitrogens is 1. The first-order valence-corrected chi connectivity index (χ1v) is 6.66. The molecule has 4 nitrogen and oxygen atoms in total. The Morgan fingerprint density at radius 1 is 1.44 bits per heavy atom.